The van der Waals surface area contributed by atoms with Crippen LogP contribution in [0.4, 0.5) is 5.69 Å². The Morgan fingerprint density at radius 2 is 1.42 bits per heavy atom. The van der Waals surface area contributed by atoms with Crippen LogP contribution in [0.15, 0.2) is 72.8 Å². The van der Waals surface area contributed by atoms with Gasteiger partial charge in [0.05, 0.1) is 35.0 Å². The van der Waals surface area contributed by atoms with Crippen molar-refractivity contribution in [3.8, 4) is 0 Å². The number of rotatable bonds is 3. The Morgan fingerprint density at radius 3 is 2.13 bits per heavy atom. The van der Waals surface area contributed by atoms with Gasteiger partial charge in [0.1, 0.15) is 11.0 Å². The first-order valence-corrected chi connectivity index (χ1v) is 12.9. The Labute approximate surface area is 220 Å². The highest BCUT2D eigenvalue weighted by molar-refractivity contribution is 5.88. The molecule has 7 rings (SSSR count). The number of benzene rings is 3. The third-order valence-corrected chi connectivity index (χ3v) is 7.78. The number of hydrogen-bond donors (Lipinski definition) is 0. The quantitative estimate of drug-likeness (QED) is 0.343. The summed E-state index contributed by atoms with van der Waals surface area (Å²) in [6.45, 7) is 4.23. The Morgan fingerprint density at radius 1 is 0.763 bits per heavy atom. The number of fused-ring (bicyclic) bond motifs is 6. The fraction of sp³-hybridized carbons (Fsp3) is 0.194. The van der Waals surface area contributed by atoms with Gasteiger partial charge in [0.25, 0.3) is 0 Å². The number of nitrogens with zero attached hydrogens (tertiary/aromatic N) is 7. The van der Waals surface area contributed by atoms with Crippen LogP contribution in [0.25, 0.3) is 39.2 Å². The fourth-order valence-corrected chi connectivity index (χ4v) is 5.92. The third-order valence-electron chi connectivity index (χ3n) is 7.78. The number of aryl methyl sites for hydroxylation is 4. The predicted molar refractivity (Wildman–Crippen MR) is 153 cm³/mol. The predicted octanol–water partition coefficient (Wildman–Crippen LogP) is 4.10. The average molecular weight is 501 g/mol. The molecular weight excluding hydrogens is 470 g/mol. The zero-order valence-electron chi connectivity index (χ0n) is 22.6. The van der Waals surface area contributed by atoms with E-state index < -0.39 is 0 Å². The molecule has 0 saturated heterocycles. The molecule has 4 heterocycles. The molecule has 7 nitrogen and oxygen atoms in total. The number of hydrogen-bond acceptors (Lipinski definition) is 3. The fourth-order valence-electron chi connectivity index (χ4n) is 5.92. The van der Waals surface area contributed by atoms with E-state index >= 15 is 0 Å². The highest BCUT2D eigenvalue weighted by Gasteiger charge is 2.28. The van der Waals surface area contributed by atoms with Crippen LogP contribution in [-0.4, -0.2) is 37.4 Å². The summed E-state index contributed by atoms with van der Waals surface area (Å²) in [5, 5.41) is 1.09. The lowest BCUT2D eigenvalue weighted by Crippen LogP contribution is -2.27. The van der Waals surface area contributed by atoms with Gasteiger partial charge in [0.15, 0.2) is 11.0 Å². The molecule has 0 bridgehead atoms. The molecule has 0 saturated carbocycles. The van der Waals surface area contributed by atoms with Gasteiger partial charge in [0, 0.05) is 26.8 Å². The van der Waals surface area contributed by atoms with E-state index in [9.17, 15) is 0 Å². The first kappa shape index (κ1) is 22.5. The maximum absolute atomic E-state index is 5.09. The normalized spacial score (nSPS) is 12.9. The molecule has 4 aromatic heterocycles. The lowest BCUT2D eigenvalue weighted by molar-refractivity contribution is -0.620. The minimum Gasteiger partial charge on any atom is -0.378 e. The smallest absolute Gasteiger partial charge is 0.378 e. The Kier molecular flexibility index (Phi) is 4.70. The summed E-state index contributed by atoms with van der Waals surface area (Å²) in [6.07, 6.45) is 0. The van der Waals surface area contributed by atoms with E-state index in [0.29, 0.717) is 0 Å². The van der Waals surface area contributed by atoms with Crippen LogP contribution < -0.4 is 14.8 Å². The molecule has 0 aliphatic rings. The second-order valence-corrected chi connectivity index (χ2v) is 10.3. The molecule has 0 unspecified atom stereocenters. The number of para-hydroxylation sites is 4. The van der Waals surface area contributed by atoms with E-state index in [2.05, 4.69) is 138 Å². The molecule has 0 spiro atoms. The molecule has 0 aliphatic carbocycles. The molecule has 0 radical (unpaired) electrons. The zero-order chi connectivity index (χ0) is 26.3. The highest BCUT2D eigenvalue weighted by atomic mass is 15.2. The van der Waals surface area contributed by atoms with Crippen molar-refractivity contribution in [1.82, 2.24) is 23.3 Å². The van der Waals surface area contributed by atoms with Crippen molar-refractivity contribution in [3.05, 3.63) is 101 Å². The Bertz CT molecular complexity index is 2090. The molecule has 188 valence electrons. The second-order valence-electron chi connectivity index (χ2n) is 10.3. The van der Waals surface area contributed by atoms with Crippen LogP contribution in [0.3, 0.4) is 0 Å². The molecule has 38 heavy (non-hydrogen) atoms. The van der Waals surface area contributed by atoms with Gasteiger partial charge in [-0.1, -0.05) is 41.4 Å². The number of aromatic nitrogens is 6. The van der Waals surface area contributed by atoms with Crippen LogP contribution in [0.5, 0.6) is 0 Å². The van der Waals surface area contributed by atoms with Crippen LogP contribution >= 0.6 is 0 Å². The maximum atomic E-state index is 5.09. The van der Waals surface area contributed by atoms with Crippen molar-refractivity contribution in [3.63, 3.8) is 0 Å². The topological polar surface area (TPSA) is 46.6 Å². The summed E-state index contributed by atoms with van der Waals surface area (Å²) >= 11 is 0. The number of imidazole rings is 4. The van der Waals surface area contributed by atoms with Gasteiger partial charge in [-0.2, -0.15) is 4.40 Å². The largest absolute Gasteiger partial charge is 0.404 e. The molecule has 0 fully saturated rings. The molecule has 3 aromatic carbocycles. The van der Waals surface area contributed by atoms with Crippen LogP contribution in [-0.2, 0) is 14.1 Å². The van der Waals surface area contributed by atoms with Crippen molar-refractivity contribution in [2.24, 2.45) is 14.1 Å². The van der Waals surface area contributed by atoms with Crippen molar-refractivity contribution in [1.29, 1.82) is 0 Å². The minimum atomic E-state index is 0.928. The minimum absolute atomic E-state index is 0.928. The van der Waals surface area contributed by atoms with Crippen molar-refractivity contribution in [2.75, 3.05) is 19.0 Å². The van der Waals surface area contributed by atoms with Crippen LogP contribution in [0.1, 0.15) is 22.6 Å². The lowest BCUT2D eigenvalue weighted by Gasteiger charge is -2.14. The second kappa shape index (κ2) is 7.92. The van der Waals surface area contributed by atoms with Gasteiger partial charge >= 0.3 is 5.78 Å². The van der Waals surface area contributed by atoms with Gasteiger partial charge in [0.2, 0.25) is 5.78 Å². The summed E-state index contributed by atoms with van der Waals surface area (Å²) in [4.78, 5) is 12.3. The molecule has 0 atom stereocenters. The summed E-state index contributed by atoms with van der Waals surface area (Å²) in [5.41, 5.74) is 11.1. The molecular formula is C31H30N7+. The highest BCUT2D eigenvalue weighted by Crippen LogP contribution is 2.31. The molecule has 0 N–H and O–H groups in total. The van der Waals surface area contributed by atoms with Gasteiger partial charge in [-0.3, -0.25) is 4.40 Å². The van der Waals surface area contributed by atoms with E-state index in [0.717, 1.165) is 72.9 Å². The van der Waals surface area contributed by atoms with E-state index in [-0.39, 0.29) is 0 Å². The first-order valence-electron chi connectivity index (χ1n) is 12.9. The van der Waals surface area contributed by atoms with Crippen LogP contribution in [0.2, 0.25) is 0 Å². The SMILES string of the molecule is Cc1nc2n(C)c3ccccc3n2c1C(c1ccc(N(C)C)cc1)=c1c(C)nc2n1c1ccccc1[n+]2C. The van der Waals surface area contributed by atoms with Crippen LogP contribution in [0, 0.1) is 13.8 Å². The van der Waals surface area contributed by atoms with Gasteiger partial charge in [-0.25, -0.2) is 9.55 Å². The Balaban J connectivity index is 1.73. The molecule has 7 heteroatoms. The lowest BCUT2D eigenvalue weighted by atomic mass is 9.99. The van der Waals surface area contributed by atoms with Crippen molar-refractivity contribution >= 4 is 44.9 Å². The summed E-state index contributed by atoms with van der Waals surface area (Å²) in [7, 11) is 8.32. The van der Waals surface area contributed by atoms with E-state index in [1.165, 1.54) is 0 Å². The molecule has 0 aliphatic heterocycles. The first-order chi connectivity index (χ1) is 18.4. The van der Waals surface area contributed by atoms with Gasteiger partial charge in [-0.15, -0.1) is 0 Å². The summed E-state index contributed by atoms with van der Waals surface area (Å²) in [6, 6.07) is 25.8. The van der Waals surface area contributed by atoms with E-state index in [1.807, 2.05) is 0 Å². The summed E-state index contributed by atoms with van der Waals surface area (Å²) < 4.78 is 8.97. The van der Waals surface area contributed by atoms with E-state index in [4.69, 9.17) is 9.97 Å². The van der Waals surface area contributed by atoms with E-state index in [1.54, 1.807) is 0 Å². The summed E-state index contributed by atoms with van der Waals surface area (Å²) in [5.74, 6) is 1.86. The monoisotopic (exact) mass is 500 g/mol. The molecule has 0 amide bonds. The average Bonchev–Trinajstić information content (AvgIpc) is 3.60. The third kappa shape index (κ3) is 2.93. The van der Waals surface area contributed by atoms with Crippen molar-refractivity contribution < 1.29 is 4.57 Å². The zero-order valence-corrected chi connectivity index (χ0v) is 22.6. The van der Waals surface area contributed by atoms with Gasteiger partial charge < -0.3 is 9.47 Å². The van der Waals surface area contributed by atoms with Gasteiger partial charge in [-0.05, 0) is 55.8 Å². The standard InChI is InChI=1S/C31H30N7/c1-19-28(37-25-13-9-7-11-23(25)35(5)30(37)32-19)27(21-15-17-22(18-16-21)34(3)4)29-20(2)33-31-36(6)24-12-8-10-14-26(24)38(29)31/h7-18H,1-6H3/q+1. The Hall–Kier alpha value is -4.65. The van der Waals surface area contributed by atoms with Crippen molar-refractivity contribution in [2.45, 2.75) is 13.8 Å². The number of anilines is 1. The maximum Gasteiger partial charge on any atom is 0.404 e. The molecule has 7 aromatic rings.